The average Bonchev–Trinajstić information content (AvgIpc) is 3.06. The first-order valence-corrected chi connectivity index (χ1v) is 20.6. The van der Waals surface area contributed by atoms with Crippen molar-refractivity contribution in [3.8, 4) is 0 Å². The molecule has 6 aromatic carbocycles. The Morgan fingerprint density at radius 1 is 0.511 bits per heavy atom. The van der Waals surface area contributed by atoms with E-state index in [0.717, 1.165) is 0 Å². The summed E-state index contributed by atoms with van der Waals surface area (Å²) in [5, 5.41) is 11.1. The lowest BCUT2D eigenvalue weighted by Gasteiger charge is -2.38. The number of nitrogens with zero attached hydrogens (tertiary/aromatic N) is 2. The average molecular weight is 654 g/mol. The van der Waals surface area contributed by atoms with E-state index >= 15 is 0 Å². The summed E-state index contributed by atoms with van der Waals surface area (Å²) in [6.07, 6.45) is 0. The van der Waals surface area contributed by atoms with Gasteiger partial charge in [0.05, 0.1) is 31.0 Å². The fourth-order valence-electron chi connectivity index (χ4n) is 7.57. The van der Waals surface area contributed by atoms with E-state index in [9.17, 15) is 0 Å². The Kier molecular flexibility index (Phi) is 8.19. The summed E-state index contributed by atoms with van der Waals surface area (Å²) in [5.41, 5.74) is 8.79. The van der Waals surface area contributed by atoms with E-state index in [4.69, 9.17) is 0 Å². The Balaban J connectivity index is 1.70. The summed E-state index contributed by atoms with van der Waals surface area (Å²) in [7, 11) is 1.93. The van der Waals surface area contributed by atoms with Crippen LogP contribution in [0.25, 0.3) is 21.5 Å². The molecule has 0 atom stereocenters. The second-order valence-corrected chi connectivity index (χ2v) is 21.0. The largest absolute Gasteiger partial charge is 0.341 e. The zero-order valence-corrected chi connectivity index (χ0v) is 31.1. The van der Waals surface area contributed by atoms with Gasteiger partial charge in [0.15, 0.2) is 0 Å². The Morgan fingerprint density at radius 2 is 0.894 bits per heavy atom. The van der Waals surface area contributed by atoms with Gasteiger partial charge >= 0.3 is 0 Å². The third kappa shape index (κ3) is 5.26. The highest BCUT2D eigenvalue weighted by atomic mass is 31.2. The van der Waals surface area contributed by atoms with Crippen molar-refractivity contribution in [3.05, 3.63) is 120 Å². The van der Waals surface area contributed by atoms with Gasteiger partial charge in [0.1, 0.15) is 10.6 Å². The molecule has 7 rings (SSSR count). The van der Waals surface area contributed by atoms with Crippen LogP contribution in [0.5, 0.6) is 0 Å². The smallest absolute Gasteiger partial charge is 0.123 e. The predicted octanol–water partition coefficient (Wildman–Crippen LogP) is 10.3. The monoisotopic (exact) mass is 653 g/mol. The van der Waals surface area contributed by atoms with Gasteiger partial charge in [-0.15, -0.1) is 0 Å². The molecule has 0 saturated carbocycles. The van der Waals surface area contributed by atoms with Gasteiger partial charge in [-0.25, -0.2) is 0 Å². The number of anilines is 4. The molecule has 0 unspecified atom stereocenters. The SMILES string of the molecule is Cc1ccc2c(c1)P(C(C)C)c1cc(C)ccc1N(C)c1cc3ccccc3cc1[P+](C)(C(C)C)c1cc3ccccc3cc1N2C. The van der Waals surface area contributed by atoms with Crippen molar-refractivity contribution in [2.75, 3.05) is 30.6 Å². The van der Waals surface area contributed by atoms with Crippen LogP contribution in [0.15, 0.2) is 109 Å². The molecule has 0 spiro atoms. The lowest BCUT2D eigenvalue weighted by atomic mass is 10.1. The summed E-state index contributed by atoms with van der Waals surface area (Å²) in [4.78, 5) is 5.08. The third-order valence-corrected chi connectivity index (χ3v) is 18.0. The minimum Gasteiger partial charge on any atom is -0.341 e. The van der Waals surface area contributed by atoms with Gasteiger partial charge in [-0.05, 0) is 111 Å². The zero-order valence-electron chi connectivity index (χ0n) is 29.3. The van der Waals surface area contributed by atoms with E-state index in [2.05, 4.69) is 181 Å². The molecule has 238 valence electrons. The van der Waals surface area contributed by atoms with Crippen LogP contribution in [0.1, 0.15) is 38.8 Å². The van der Waals surface area contributed by atoms with Gasteiger partial charge in [-0.2, -0.15) is 0 Å². The van der Waals surface area contributed by atoms with Crippen LogP contribution < -0.4 is 31.0 Å². The van der Waals surface area contributed by atoms with Gasteiger partial charge in [-0.1, -0.05) is 85.6 Å². The molecule has 0 fully saturated rings. The number of hydrogen-bond acceptors (Lipinski definition) is 2. The Morgan fingerprint density at radius 3 is 1.26 bits per heavy atom. The standard InChI is InChI=1S/C43H47N2P2/c1-28(2)46-40-22-30(5)18-20-36(40)44(7)38-24-32-14-10-12-16-34(32)26-42(38)47(9,29(3)4)43-27-35-17-13-11-15-33(35)25-39(43)45(8)37-21-19-31(6)23-41(37)46/h10-29H,1-9H3/q+1. The van der Waals surface area contributed by atoms with Crippen molar-refractivity contribution in [1.82, 2.24) is 0 Å². The van der Waals surface area contributed by atoms with Crippen LogP contribution in [-0.4, -0.2) is 32.1 Å². The fraction of sp³-hybridized carbons (Fsp3) is 0.256. The maximum Gasteiger partial charge on any atom is 0.123 e. The van der Waals surface area contributed by atoms with E-state index in [-0.39, 0.29) is 0 Å². The predicted molar refractivity (Wildman–Crippen MR) is 215 cm³/mol. The molecular formula is C43H47N2P2+. The fourth-order valence-corrected chi connectivity index (χ4v) is 14.1. The van der Waals surface area contributed by atoms with Crippen LogP contribution >= 0.6 is 15.2 Å². The van der Waals surface area contributed by atoms with Crippen molar-refractivity contribution < 1.29 is 0 Å². The van der Waals surface area contributed by atoms with Gasteiger partial charge < -0.3 is 9.80 Å². The molecular weight excluding hydrogens is 606 g/mol. The van der Waals surface area contributed by atoms with Crippen molar-refractivity contribution in [2.45, 2.75) is 52.9 Å². The molecule has 1 heterocycles. The van der Waals surface area contributed by atoms with Crippen molar-refractivity contribution >= 4 is 80.7 Å². The van der Waals surface area contributed by atoms with Crippen LogP contribution in [0.4, 0.5) is 22.7 Å². The third-order valence-electron chi connectivity index (χ3n) is 10.5. The Hall–Kier alpha value is -3.70. The molecule has 0 aromatic heterocycles. The second-order valence-electron chi connectivity index (χ2n) is 14.1. The summed E-state index contributed by atoms with van der Waals surface area (Å²) >= 11 is 0. The van der Waals surface area contributed by atoms with Crippen LogP contribution in [0.2, 0.25) is 0 Å². The molecule has 0 amide bonds. The number of rotatable bonds is 2. The number of benzene rings is 6. The highest BCUT2D eigenvalue weighted by Gasteiger charge is 2.47. The molecule has 2 nitrogen and oxygen atoms in total. The Labute approximate surface area is 283 Å². The van der Waals surface area contributed by atoms with E-state index in [0.29, 0.717) is 11.3 Å². The van der Waals surface area contributed by atoms with E-state index in [1.807, 2.05) is 0 Å². The first kappa shape index (κ1) is 31.9. The minimum absolute atomic E-state index is 0.426. The molecule has 1 aliphatic rings. The molecule has 4 heteroatoms. The molecule has 47 heavy (non-hydrogen) atoms. The number of aryl methyl sites for hydroxylation is 2. The first-order valence-electron chi connectivity index (χ1n) is 16.9. The lowest BCUT2D eigenvalue weighted by molar-refractivity contribution is 1.09. The molecule has 1 aliphatic heterocycles. The molecule has 0 N–H and O–H groups in total. The van der Waals surface area contributed by atoms with Gasteiger partial charge in [-0.3, -0.25) is 0 Å². The topological polar surface area (TPSA) is 6.48 Å². The second kappa shape index (κ2) is 12.1. The van der Waals surface area contributed by atoms with Gasteiger partial charge in [0.25, 0.3) is 0 Å². The van der Waals surface area contributed by atoms with Crippen LogP contribution in [0, 0.1) is 13.8 Å². The molecule has 6 aromatic rings. The summed E-state index contributed by atoms with van der Waals surface area (Å²) in [6.45, 7) is 16.8. The molecule has 0 radical (unpaired) electrons. The van der Waals surface area contributed by atoms with Gasteiger partial charge in [0, 0.05) is 36.1 Å². The normalized spacial score (nSPS) is 18.1. The molecule has 0 saturated heterocycles. The van der Waals surface area contributed by atoms with Crippen molar-refractivity contribution in [1.29, 1.82) is 0 Å². The molecule has 0 aliphatic carbocycles. The summed E-state index contributed by atoms with van der Waals surface area (Å²) in [6, 6.07) is 42.2. The lowest BCUT2D eigenvalue weighted by Crippen LogP contribution is -2.36. The summed E-state index contributed by atoms with van der Waals surface area (Å²) < 4.78 is 0. The maximum atomic E-state index is 2.60. The van der Waals surface area contributed by atoms with Crippen molar-refractivity contribution in [2.24, 2.45) is 0 Å². The highest BCUT2D eigenvalue weighted by Crippen LogP contribution is 2.62. The number of hydrogen-bond donors (Lipinski definition) is 0. The van der Waals surface area contributed by atoms with E-state index in [1.165, 1.54) is 76.6 Å². The molecule has 0 bridgehead atoms. The zero-order chi connectivity index (χ0) is 33.2. The van der Waals surface area contributed by atoms with Crippen LogP contribution in [0.3, 0.4) is 0 Å². The maximum absolute atomic E-state index is 2.60. The minimum atomic E-state index is -2.01. The van der Waals surface area contributed by atoms with Crippen molar-refractivity contribution in [3.63, 3.8) is 0 Å². The van der Waals surface area contributed by atoms with E-state index < -0.39 is 15.2 Å². The van der Waals surface area contributed by atoms with Crippen LogP contribution in [-0.2, 0) is 0 Å². The number of fused-ring (bicyclic) bond motifs is 6. The van der Waals surface area contributed by atoms with E-state index in [1.54, 1.807) is 0 Å². The van der Waals surface area contributed by atoms with Gasteiger partial charge in [0.2, 0.25) is 0 Å². The Bertz CT molecular complexity index is 2000. The first-order chi connectivity index (χ1) is 22.5. The highest BCUT2D eigenvalue weighted by molar-refractivity contribution is 7.90. The summed E-state index contributed by atoms with van der Waals surface area (Å²) in [5.74, 6) is 0. The quantitative estimate of drug-likeness (QED) is 0.172.